The Hall–Kier alpha value is -1.59. The molecule has 0 atom stereocenters. The van der Waals surface area contributed by atoms with E-state index in [0.29, 0.717) is 5.15 Å². The summed E-state index contributed by atoms with van der Waals surface area (Å²) in [5, 5.41) is 18.0. The number of aliphatic hydroxyl groups is 1. The van der Waals surface area contributed by atoms with Gasteiger partial charge in [-0.2, -0.15) is 5.10 Å². The summed E-state index contributed by atoms with van der Waals surface area (Å²) in [5.74, 6) is 0.986. The standard InChI is InChI=1S/C17H21ClN4O/c18-15-3-2-12(11-19-15)17(6-1-7-17)14-10-16(21-20-14)22-8-4-13(23)5-9-22/h2-3,10-11,13,23H,1,4-9H2,(H,20,21). The molecule has 2 aromatic rings. The minimum absolute atomic E-state index is 0.00185. The highest BCUT2D eigenvalue weighted by atomic mass is 35.5. The topological polar surface area (TPSA) is 65.0 Å². The largest absolute Gasteiger partial charge is 0.393 e. The van der Waals surface area contributed by atoms with Crippen molar-refractivity contribution in [3.05, 3.63) is 40.8 Å². The van der Waals surface area contributed by atoms with Gasteiger partial charge < -0.3 is 10.0 Å². The predicted molar refractivity (Wildman–Crippen MR) is 89.9 cm³/mol. The molecular weight excluding hydrogens is 312 g/mol. The summed E-state index contributed by atoms with van der Waals surface area (Å²) in [6.07, 6.45) is 6.78. The van der Waals surface area contributed by atoms with E-state index < -0.39 is 0 Å². The van der Waals surface area contributed by atoms with Gasteiger partial charge in [-0.25, -0.2) is 4.98 Å². The molecule has 2 aliphatic rings. The molecule has 1 aliphatic heterocycles. The maximum absolute atomic E-state index is 9.65. The molecule has 3 heterocycles. The third kappa shape index (κ3) is 2.62. The average molecular weight is 333 g/mol. The number of aliphatic hydroxyl groups excluding tert-OH is 1. The molecule has 0 unspecified atom stereocenters. The van der Waals surface area contributed by atoms with Crippen molar-refractivity contribution in [3.8, 4) is 0 Å². The zero-order chi connectivity index (χ0) is 15.9. The molecule has 1 aliphatic carbocycles. The van der Waals surface area contributed by atoms with Gasteiger partial charge in [0.15, 0.2) is 5.82 Å². The quantitative estimate of drug-likeness (QED) is 0.848. The van der Waals surface area contributed by atoms with Crippen LogP contribution in [0, 0.1) is 0 Å². The average Bonchev–Trinajstić information content (AvgIpc) is 2.99. The highest BCUT2D eigenvalue weighted by Crippen LogP contribution is 2.48. The van der Waals surface area contributed by atoms with Crippen LogP contribution >= 0.6 is 11.6 Å². The van der Waals surface area contributed by atoms with Gasteiger partial charge in [-0.3, -0.25) is 5.10 Å². The fourth-order valence-electron chi connectivity index (χ4n) is 3.72. The van der Waals surface area contributed by atoms with E-state index in [0.717, 1.165) is 50.3 Å². The molecule has 0 amide bonds. The minimum atomic E-state index is -0.164. The smallest absolute Gasteiger partial charge is 0.150 e. The fourth-order valence-corrected chi connectivity index (χ4v) is 3.83. The van der Waals surface area contributed by atoms with E-state index in [1.54, 1.807) is 0 Å². The number of hydrogen-bond donors (Lipinski definition) is 2. The van der Waals surface area contributed by atoms with Crippen molar-refractivity contribution in [2.75, 3.05) is 18.0 Å². The van der Waals surface area contributed by atoms with Crippen LogP contribution in [0.3, 0.4) is 0 Å². The van der Waals surface area contributed by atoms with Crippen molar-refractivity contribution in [3.63, 3.8) is 0 Å². The number of piperidine rings is 1. The highest BCUT2D eigenvalue weighted by Gasteiger charge is 2.42. The van der Waals surface area contributed by atoms with E-state index in [1.807, 2.05) is 12.3 Å². The van der Waals surface area contributed by atoms with Crippen molar-refractivity contribution in [2.24, 2.45) is 0 Å². The Morgan fingerprint density at radius 1 is 1.26 bits per heavy atom. The van der Waals surface area contributed by atoms with Crippen molar-refractivity contribution in [1.29, 1.82) is 0 Å². The summed E-state index contributed by atoms with van der Waals surface area (Å²) in [6, 6.07) is 6.11. The van der Waals surface area contributed by atoms with Crippen LogP contribution in [-0.4, -0.2) is 39.5 Å². The summed E-state index contributed by atoms with van der Waals surface area (Å²) in [5.41, 5.74) is 2.37. The molecule has 6 heteroatoms. The maximum atomic E-state index is 9.65. The molecule has 0 spiro atoms. The lowest BCUT2D eigenvalue weighted by atomic mass is 9.63. The summed E-state index contributed by atoms with van der Waals surface area (Å²) in [4.78, 5) is 6.50. The second-order valence-corrected chi connectivity index (χ2v) is 7.05. The first-order valence-corrected chi connectivity index (χ1v) is 8.66. The molecule has 0 radical (unpaired) electrons. The molecule has 0 aromatic carbocycles. The van der Waals surface area contributed by atoms with Crippen LogP contribution in [0.1, 0.15) is 43.4 Å². The van der Waals surface area contributed by atoms with Crippen LogP contribution in [0.15, 0.2) is 24.4 Å². The number of anilines is 1. The molecule has 1 saturated heterocycles. The van der Waals surface area contributed by atoms with Crippen LogP contribution in [0.4, 0.5) is 5.82 Å². The van der Waals surface area contributed by atoms with Gasteiger partial charge in [-0.1, -0.05) is 24.1 Å². The molecule has 5 nitrogen and oxygen atoms in total. The van der Waals surface area contributed by atoms with E-state index >= 15 is 0 Å². The van der Waals surface area contributed by atoms with Crippen molar-refractivity contribution in [2.45, 2.75) is 43.6 Å². The maximum Gasteiger partial charge on any atom is 0.150 e. The Labute approximate surface area is 140 Å². The summed E-state index contributed by atoms with van der Waals surface area (Å²) >= 11 is 5.93. The van der Waals surface area contributed by atoms with Gasteiger partial charge in [-0.15, -0.1) is 0 Å². The summed E-state index contributed by atoms with van der Waals surface area (Å²) < 4.78 is 0. The minimum Gasteiger partial charge on any atom is -0.393 e. The van der Waals surface area contributed by atoms with E-state index in [9.17, 15) is 5.11 Å². The van der Waals surface area contributed by atoms with Crippen molar-refractivity contribution >= 4 is 17.4 Å². The number of H-pyrrole nitrogens is 1. The number of rotatable bonds is 3. The van der Waals surface area contributed by atoms with E-state index in [2.05, 4.69) is 32.2 Å². The number of aromatic nitrogens is 3. The third-order valence-corrected chi connectivity index (χ3v) is 5.58. The predicted octanol–water partition coefficient (Wildman–Crippen LogP) is 2.89. The Bertz CT molecular complexity index is 672. The highest BCUT2D eigenvalue weighted by molar-refractivity contribution is 6.29. The number of nitrogens with one attached hydrogen (secondary N) is 1. The molecule has 122 valence electrons. The van der Waals surface area contributed by atoms with Gasteiger partial charge in [0.2, 0.25) is 0 Å². The lowest BCUT2D eigenvalue weighted by Gasteiger charge is -2.41. The second kappa shape index (κ2) is 5.80. The lowest BCUT2D eigenvalue weighted by Crippen LogP contribution is -2.36. The molecule has 2 fully saturated rings. The number of hydrogen-bond acceptors (Lipinski definition) is 4. The first kappa shape index (κ1) is 15.0. The normalized spacial score (nSPS) is 21.2. The van der Waals surface area contributed by atoms with Gasteiger partial charge in [0.1, 0.15) is 5.15 Å². The van der Waals surface area contributed by atoms with Crippen LogP contribution in [-0.2, 0) is 5.41 Å². The fraction of sp³-hybridized carbons (Fsp3) is 0.529. The zero-order valence-electron chi connectivity index (χ0n) is 13.0. The van der Waals surface area contributed by atoms with Crippen LogP contribution < -0.4 is 4.90 Å². The lowest BCUT2D eigenvalue weighted by molar-refractivity contribution is 0.145. The molecule has 4 rings (SSSR count). The molecular formula is C17H21ClN4O. The Kier molecular flexibility index (Phi) is 3.77. The van der Waals surface area contributed by atoms with E-state index in [1.165, 1.54) is 12.0 Å². The van der Waals surface area contributed by atoms with Gasteiger partial charge in [0, 0.05) is 36.5 Å². The van der Waals surface area contributed by atoms with Crippen LogP contribution in [0.5, 0.6) is 0 Å². The third-order valence-electron chi connectivity index (χ3n) is 5.36. The molecule has 2 aromatic heterocycles. The molecule has 2 N–H and O–H groups in total. The second-order valence-electron chi connectivity index (χ2n) is 6.66. The number of aromatic amines is 1. The summed E-state index contributed by atoms with van der Waals surface area (Å²) in [6.45, 7) is 1.72. The van der Waals surface area contributed by atoms with Crippen LogP contribution in [0.25, 0.3) is 0 Å². The van der Waals surface area contributed by atoms with Crippen molar-refractivity contribution < 1.29 is 5.11 Å². The first-order chi connectivity index (χ1) is 11.2. The van der Waals surface area contributed by atoms with Crippen LogP contribution in [0.2, 0.25) is 5.15 Å². The van der Waals surface area contributed by atoms with Gasteiger partial charge >= 0.3 is 0 Å². The van der Waals surface area contributed by atoms with Gasteiger partial charge in [0.25, 0.3) is 0 Å². The summed E-state index contributed by atoms with van der Waals surface area (Å²) in [7, 11) is 0. The Morgan fingerprint density at radius 2 is 2.04 bits per heavy atom. The number of nitrogens with zero attached hydrogens (tertiary/aromatic N) is 3. The Morgan fingerprint density at radius 3 is 2.65 bits per heavy atom. The molecule has 1 saturated carbocycles. The zero-order valence-corrected chi connectivity index (χ0v) is 13.8. The Balaban J connectivity index is 1.60. The van der Waals surface area contributed by atoms with Gasteiger partial charge in [0.05, 0.1) is 6.10 Å². The van der Waals surface area contributed by atoms with E-state index in [-0.39, 0.29) is 11.5 Å². The first-order valence-electron chi connectivity index (χ1n) is 8.28. The van der Waals surface area contributed by atoms with E-state index in [4.69, 9.17) is 11.6 Å². The van der Waals surface area contributed by atoms with Crippen molar-refractivity contribution in [1.82, 2.24) is 15.2 Å². The van der Waals surface area contributed by atoms with Gasteiger partial charge in [-0.05, 0) is 37.3 Å². The number of halogens is 1. The molecule has 23 heavy (non-hydrogen) atoms. The monoisotopic (exact) mass is 332 g/mol. The SMILES string of the molecule is OC1CCN(c2cc(C3(c4ccc(Cl)nc4)CCC3)[nH]n2)CC1. The molecule has 0 bridgehead atoms. The number of pyridine rings is 1.